The van der Waals surface area contributed by atoms with Crippen molar-refractivity contribution in [2.45, 2.75) is 31.8 Å². The summed E-state index contributed by atoms with van der Waals surface area (Å²) in [7, 11) is 1.70. The summed E-state index contributed by atoms with van der Waals surface area (Å²) in [5, 5.41) is 5.61. The molecule has 2 aliphatic rings. The second kappa shape index (κ2) is 6.76. The molecule has 7 heteroatoms. The van der Waals surface area contributed by atoms with Crippen LogP contribution >= 0.6 is 0 Å². The number of ether oxygens (including phenoxy) is 2. The number of fused-ring (bicyclic) bond motifs is 1. The summed E-state index contributed by atoms with van der Waals surface area (Å²) < 4.78 is 10.6. The maximum atomic E-state index is 12.3. The first-order valence-corrected chi connectivity index (χ1v) is 7.81. The lowest BCUT2D eigenvalue weighted by Crippen LogP contribution is -2.49. The second-order valence-electron chi connectivity index (χ2n) is 5.83. The molecule has 0 unspecified atom stereocenters. The van der Waals surface area contributed by atoms with Crippen molar-refractivity contribution in [3.63, 3.8) is 0 Å². The summed E-state index contributed by atoms with van der Waals surface area (Å²) in [6.45, 7) is 1.33. The van der Waals surface area contributed by atoms with E-state index >= 15 is 0 Å². The van der Waals surface area contributed by atoms with Crippen molar-refractivity contribution in [3.05, 3.63) is 23.8 Å². The largest absolute Gasteiger partial charge is 0.454 e. The molecule has 1 aromatic carbocycles. The summed E-state index contributed by atoms with van der Waals surface area (Å²) in [6, 6.07) is 4.89. The van der Waals surface area contributed by atoms with Crippen molar-refractivity contribution >= 4 is 11.9 Å². The van der Waals surface area contributed by atoms with E-state index in [-0.39, 0.29) is 18.7 Å². The predicted molar refractivity (Wildman–Crippen MR) is 83.2 cm³/mol. The number of benzene rings is 1. The Bertz CT molecular complexity index is 605. The van der Waals surface area contributed by atoms with E-state index in [4.69, 9.17) is 9.47 Å². The molecule has 0 bridgehead atoms. The Morgan fingerprint density at radius 1 is 1.35 bits per heavy atom. The van der Waals surface area contributed by atoms with Crippen LogP contribution in [0.15, 0.2) is 18.2 Å². The number of nitrogens with zero attached hydrogens (tertiary/aromatic N) is 1. The standard InChI is InChI=1S/C16H21N3O4/c1-19(9-11-5-6-13-14(8-11)23-10-22-13)16(21)18-12-4-2-3-7-17-15(12)20/h5-6,8,12H,2-4,7,9-10H2,1H3,(H,17,20)(H,18,21)/t12-/m1/s1. The van der Waals surface area contributed by atoms with Gasteiger partial charge >= 0.3 is 6.03 Å². The van der Waals surface area contributed by atoms with Gasteiger partial charge in [-0.2, -0.15) is 0 Å². The van der Waals surface area contributed by atoms with Gasteiger partial charge in [0.05, 0.1) is 0 Å². The zero-order valence-corrected chi connectivity index (χ0v) is 13.1. The summed E-state index contributed by atoms with van der Waals surface area (Å²) >= 11 is 0. The van der Waals surface area contributed by atoms with Gasteiger partial charge < -0.3 is 25.0 Å². The minimum absolute atomic E-state index is 0.104. The van der Waals surface area contributed by atoms with Crippen LogP contribution < -0.4 is 20.1 Å². The zero-order chi connectivity index (χ0) is 16.2. The number of urea groups is 1. The van der Waals surface area contributed by atoms with Crippen LogP contribution in [0.25, 0.3) is 0 Å². The molecular formula is C16H21N3O4. The molecule has 124 valence electrons. The molecule has 3 rings (SSSR count). The molecule has 7 nitrogen and oxygen atoms in total. The van der Waals surface area contributed by atoms with Crippen molar-refractivity contribution in [1.82, 2.24) is 15.5 Å². The number of hydrogen-bond donors (Lipinski definition) is 2. The van der Waals surface area contributed by atoms with E-state index in [1.807, 2.05) is 18.2 Å². The predicted octanol–water partition coefficient (Wildman–Crippen LogP) is 1.23. The van der Waals surface area contributed by atoms with Crippen LogP contribution in [0.4, 0.5) is 4.79 Å². The van der Waals surface area contributed by atoms with E-state index in [1.54, 1.807) is 11.9 Å². The Balaban J connectivity index is 1.58. The van der Waals surface area contributed by atoms with Gasteiger partial charge in [0.25, 0.3) is 0 Å². The molecule has 1 saturated heterocycles. The van der Waals surface area contributed by atoms with E-state index in [2.05, 4.69) is 10.6 Å². The third kappa shape index (κ3) is 3.67. The number of amides is 3. The fourth-order valence-corrected chi connectivity index (χ4v) is 2.72. The third-order valence-corrected chi connectivity index (χ3v) is 4.04. The van der Waals surface area contributed by atoms with Gasteiger partial charge in [0.1, 0.15) is 6.04 Å². The van der Waals surface area contributed by atoms with E-state index in [0.29, 0.717) is 25.3 Å². The number of hydrogen-bond acceptors (Lipinski definition) is 4. The monoisotopic (exact) mass is 319 g/mol. The normalized spacial score (nSPS) is 19.7. The minimum atomic E-state index is -0.454. The van der Waals surface area contributed by atoms with Crippen molar-refractivity contribution in [1.29, 1.82) is 0 Å². The number of carbonyl (C=O) groups is 2. The van der Waals surface area contributed by atoms with Crippen LogP contribution in [-0.4, -0.2) is 43.3 Å². The van der Waals surface area contributed by atoms with E-state index in [9.17, 15) is 9.59 Å². The average molecular weight is 319 g/mol. The Kier molecular flexibility index (Phi) is 4.55. The molecule has 1 fully saturated rings. The summed E-state index contributed by atoms with van der Waals surface area (Å²) in [5.74, 6) is 1.31. The van der Waals surface area contributed by atoms with Crippen LogP contribution in [0.1, 0.15) is 24.8 Å². The Morgan fingerprint density at radius 2 is 2.17 bits per heavy atom. The Labute approximate surface area is 134 Å². The number of carbonyl (C=O) groups excluding carboxylic acids is 2. The highest BCUT2D eigenvalue weighted by molar-refractivity contribution is 5.87. The third-order valence-electron chi connectivity index (χ3n) is 4.04. The first kappa shape index (κ1) is 15.5. The first-order chi connectivity index (χ1) is 11.1. The lowest BCUT2D eigenvalue weighted by atomic mass is 10.1. The van der Waals surface area contributed by atoms with Crippen molar-refractivity contribution in [2.24, 2.45) is 0 Å². The van der Waals surface area contributed by atoms with Crippen LogP contribution in [0.3, 0.4) is 0 Å². The van der Waals surface area contributed by atoms with Crippen molar-refractivity contribution < 1.29 is 19.1 Å². The van der Waals surface area contributed by atoms with Crippen LogP contribution in [0.5, 0.6) is 11.5 Å². The fourth-order valence-electron chi connectivity index (χ4n) is 2.72. The molecule has 0 aliphatic carbocycles. The van der Waals surface area contributed by atoms with Gasteiger partial charge in [0.15, 0.2) is 11.5 Å². The minimum Gasteiger partial charge on any atom is -0.454 e. The highest BCUT2D eigenvalue weighted by atomic mass is 16.7. The van der Waals surface area contributed by atoms with E-state index < -0.39 is 6.04 Å². The number of rotatable bonds is 3. The van der Waals surface area contributed by atoms with Crippen molar-refractivity contribution in [3.8, 4) is 11.5 Å². The molecular weight excluding hydrogens is 298 g/mol. The van der Waals surface area contributed by atoms with Gasteiger partial charge in [-0.25, -0.2) is 4.79 Å². The molecule has 1 atom stereocenters. The molecule has 2 aliphatic heterocycles. The van der Waals surface area contributed by atoms with Gasteiger partial charge in [-0.3, -0.25) is 4.79 Å². The molecule has 2 N–H and O–H groups in total. The summed E-state index contributed by atoms with van der Waals surface area (Å²) in [6.07, 6.45) is 2.55. The highest BCUT2D eigenvalue weighted by Gasteiger charge is 2.24. The maximum absolute atomic E-state index is 12.3. The quantitative estimate of drug-likeness (QED) is 0.878. The average Bonchev–Trinajstić information content (AvgIpc) is 2.91. The lowest BCUT2D eigenvalue weighted by molar-refractivity contribution is -0.122. The van der Waals surface area contributed by atoms with Gasteiger partial charge in [-0.1, -0.05) is 6.07 Å². The van der Waals surface area contributed by atoms with Crippen LogP contribution in [0.2, 0.25) is 0 Å². The van der Waals surface area contributed by atoms with E-state index in [0.717, 1.165) is 24.2 Å². The SMILES string of the molecule is CN(Cc1ccc2c(c1)OCO2)C(=O)N[C@@H]1CCCCNC1=O. The zero-order valence-electron chi connectivity index (χ0n) is 13.1. The summed E-state index contributed by atoms with van der Waals surface area (Å²) in [4.78, 5) is 25.7. The van der Waals surface area contributed by atoms with Crippen LogP contribution in [-0.2, 0) is 11.3 Å². The van der Waals surface area contributed by atoms with Gasteiger partial charge in [-0.05, 0) is 37.0 Å². The molecule has 1 aromatic rings. The Hall–Kier alpha value is -2.44. The van der Waals surface area contributed by atoms with Crippen molar-refractivity contribution in [2.75, 3.05) is 20.4 Å². The fraction of sp³-hybridized carbons (Fsp3) is 0.500. The van der Waals surface area contributed by atoms with Gasteiger partial charge in [0.2, 0.25) is 12.7 Å². The summed E-state index contributed by atoms with van der Waals surface area (Å²) in [5.41, 5.74) is 0.942. The Morgan fingerprint density at radius 3 is 3.04 bits per heavy atom. The molecule has 0 radical (unpaired) electrons. The lowest BCUT2D eigenvalue weighted by Gasteiger charge is -2.22. The molecule has 0 saturated carbocycles. The van der Waals surface area contributed by atoms with Gasteiger partial charge in [0, 0.05) is 20.1 Å². The maximum Gasteiger partial charge on any atom is 0.318 e. The molecule has 23 heavy (non-hydrogen) atoms. The van der Waals surface area contributed by atoms with E-state index in [1.165, 1.54) is 0 Å². The topological polar surface area (TPSA) is 79.9 Å². The molecule has 0 spiro atoms. The molecule has 2 heterocycles. The van der Waals surface area contributed by atoms with Gasteiger partial charge in [-0.15, -0.1) is 0 Å². The number of nitrogens with one attached hydrogen (secondary N) is 2. The second-order valence-corrected chi connectivity index (χ2v) is 5.83. The molecule has 3 amide bonds. The van der Waals surface area contributed by atoms with Crippen LogP contribution in [0, 0.1) is 0 Å². The highest BCUT2D eigenvalue weighted by Crippen LogP contribution is 2.32. The first-order valence-electron chi connectivity index (χ1n) is 7.81. The smallest absolute Gasteiger partial charge is 0.318 e. The molecule has 0 aromatic heterocycles.